The van der Waals surface area contributed by atoms with Crippen molar-refractivity contribution >= 4 is 11.7 Å². The third kappa shape index (κ3) is 4.42. The number of ether oxygens (including phenoxy) is 3. The average Bonchev–Trinajstić information content (AvgIpc) is 2.65. The van der Waals surface area contributed by atoms with Gasteiger partial charge in [0.15, 0.2) is 0 Å². The minimum atomic E-state index is -0.294. The van der Waals surface area contributed by atoms with E-state index in [4.69, 9.17) is 14.2 Å². The number of fused-ring (bicyclic) bond motifs is 1. The molecule has 6 nitrogen and oxygen atoms in total. The predicted octanol–water partition coefficient (Wildman–Crippen LogP) is 2.97. The standard InChI is InChI=1S/C19H22N2O4/c1-23-16-8-15(9-17(10-16)24-2)21-19(22)20-11-18-7-13-5-3-4-6-14(13)12-25-18/h3-6,8-10,18H,7,11-12H2,1-2H3,(H2,20,21,22). The van der Waals surface area contributed by atoms with Crippen molar-refractivity contribution in [2.75, 3.05) is 26.1 Å². The van der Waals surface area contributed by atoms with Crippen molar-refractivity contribution in [2.45, 2.75) is 19.1 Å². The Morgan fingerprint density at radius 3 is 2.48 bits per heavy atom. The highest BCUT2D eigenvalue weighted by molar-refractivity contribution is 5.89. The van der Waals surface area contributed by atoms with Crippen molar-refractivity contribution in [2.24, 2.45) is 0 Å². The molecule has 0 aliphatic carbocycles. The van der Waals surface area contributed by atoms with E-state index in [0.717, 1.165) is 6.42 Å². The van der Waals surface area contributed by atoms with Crippen LogP contribution in [0.1, 0.15) is 11.1 Å². The van der Waals surface area contributed by atoms with Gasteiger partial charge in [-0.15, -0.1) is 0 Å². The van der Waals surface area contributed by atoms with Gasteiger partial charge in [0.2, 0.25) is 0 Å². The van der Waals surface area contributed by atoms with Crippen molar-refractivity contribution in [3.63, 3.8) is 0 Å². The van der Waals surface area contributed by atoms with Crippen LogP contribution in [0.5, 0.6) is 11.5 Å². The van der Waals surface area contributed by atoms with E-state index in [9.17, 15) is 4.79 Å². The maximum Gasteiger partial charge on any atom is 0.319 e. The summed E-state index contributed by atoms with van der Waals surface area (Å²) in [6.07, 6.45) is 0.768. The number of benzene rings is 2. The molecule has 0 bridgehead atoms. The van der Waals surface area contributed by atoms with Crippen LogP contribution in [0, 0.1) is 0 Å². The van der Waals surface area contributed by atoms with Gasteiger partial charge in [-0.05, 0) is 11.1 Å². The second-order valence-electron chi connectivity index (χ2n) is 5.84. The fourth-order valence-electron chi connectivity index (χ4n) is 2.80. The first-order chi connectivity index (χ1) is 12.2. The van der Waals surface area contributed by atoms with E-state index in [1.165, 1.54) is 11.1 Å². The molecular formula is C19H22N2O4. The third-order valence-electron chi connectivity index (χ3n) is 4.14. The van der Waals surface area contributed by atoms with Gasteiger partial charge in [-0.2, -0.15) is 0 Å². The van der Waals surface area contributed by atoms with Crippen molar-refractivity contribution in [3.8, 4) is 11.5 Å². The zero-order chi connectivity index (χ0) is 17.6. The molecule has 25 heavy (non-hydrogen) atoms. The minimum Gasteiger partial charge on any atom is -0.497 e. The Morgan fingerprint density at radius 2 is 1.80 bits per heavy atom. The van der Waals surface area contributed by atoms with Crippen LogP contribution in [-0.2, 0) is 17.8 Å². The molecule has 3 rings (SSSR count). The average molecular weight is 342 g/mol. The van der Waals surface area contributed by atoms with Gasteiger partial charge in [-0.25, -0.2) is 4.79 Å². The molecule has 0 saturated heterocycles. The Balaban J connectivity index is 1.54. The molecule has 0 saturated carbocycles. The highest BCUT2D eigenvalue weighted by Crippen LogP contribution is 2.25. The lowest BCUT2D eigenvalue weighted by atomic mass is 9.99. The lowest BCUT2D eigenvalue weighted by molar-refractivity contribution is 0.0308. The van der Waals surface area contributed by atoms with E-state index < -0.39 is 0 Å². The van der Waals surface area contributed by atoms with E-state index in [0.29, 0.717) is 30.3 Å². The zero-order valence-electron chi connectivity index (χ0n) is 14.4. The van der Waals surface area contributed by atoms with Gasteiger partial charge in [-0.3, -0.25) is 0 Å². The first kappa shape index (κ1) is 17.1. The molecule has 1 heterocycles. The molecule has 1 aliphatic rings. The number of hydrogen-bond donors (Lipinski definition) is 2. The Kier molecular flexibility index (Phi) is 5.40. The number of rotatable bonds is 5. The van der Waals surface area contributed by atoms with Crippen molar-refractivity contribution in [1.82, 2.24) is 5.32 Å². The van der Waals surface area contributed by atoms with Crippen LogP contribution in [-0.4, -0.2) is 32.9 Å². The van der Waals surface area contributed by atoms with Gasteiger partial charge in [0.05, 0.1) is 26.9 Å². The number of carbonyl (C=O) groups excluding carboxylic acids is 1. The van der Waals surface area contributed by atoms with Crippen LogP contribution < -0.4 is 20.1 Å². The van der Waals surface area contributed by atoms with Crippen molar-refractivity contribution in [1.29, 1.82) is 0 Å². The lowest BCUT2D eigenvalue weighted by Crippen LogP contribution is -2.38. The molecule has 0 spiro atoms. The van der Waals surface area contributed by atoms with Gasteiger partial charge in [0, 0.05) is 36.9 Å². The van der Waals surface area contributed by atoms with Gasteiger partial charge in [-0.1, -0.05) is 24.3 Å². The number of nitrogens with one attached hydrogen (secondary N) is 2. The molecular weight excluding hydrogens is 320 g/mol. The van der Waals surface area contributed by atoms with Gasteiger partial charge >= 0.3 is 6.03 Å². The summed E-state index contributed by atoms with van der Waals surface area (Å²) in [5, 5.41) is 5.63. The van der Waals surface area contributed by atoms with Crippen molar-refractivity contribution < 1.29 is 19.0 Å². The van der Waals surface area contributed by atoms with E-state index in [2.05, 4.69) is 22.8 Å². The van der Waals surface area contributed by atoms with Crippen molar-refractivity contribution in [3.05, 3.63) is 53.6 Å². The number of anilines is 1. The molecule has 6 heteroatoms. The number of amides is 2. The van der Waals surface area contributed by atoms with Gasteiger partial charge in [0.1, 0.15) is 11.5 Å². The van der Waals surface area contributed by atoms with Gasteiger partial charge < -0.3 is 24.8 Å². The molecule has 2 N–H and O–H groups in total. The topological polar surface area (TPSA) is 68.8 Å². The Hall–Kier alpha value is -2.73. The summed E-state index contributed by atoms with van der Waals surface area (Å²) in [5.41, 5.74) is 3.09. The molecule has 0 fully saturated rings. The molecule has 2 aromatic rings. The highest BCUT2D eigenvalue weighted by atomic mass is 16.5. The van der Waals surface area contributed by atoms with Crippen LogP contribution >= 0.6 is 0 Å². The Labute approximate surface area is 147 Å². The summed E-state index contributed by atoms with van der Waals surface area (Å²) in [5.74, 6) is 1.23. The quantitative estimate of drug-likeness (QED) is 0.876. The molecule has 2 aromatic carbocycles. The van der Waals surface area contributed by atoms with Crippen LogP contribution in [0.4, 0.5) is 10.5 Å². The Bertz CT molecular complexity index is 726. The first-order valence-electron chi connectivity index (χ1n) is 8.14. The smallest absolute Gasteiger partial charge is 0.319 e. The molecule has 132 valence electrons. The molecule has 0 radical (unpaired) electrons. The largest absolute Gasteiger partial charge is 0.497 e. The first-order valence-corrected chi connectivity index (χ1v) is 8.14. The van der Waals surface area contributed by atoms with E-state index >= 15 is 0 Å². The fraction of sp³-hybridized carbons (Fsp3) is 0.316. The zero-order valence-corrected chi connectivity index (χ0v) is 14.4. The van der Waals surface area contributed by atoms with E-state index in [-0.39, 0.29) is 12.1 Å². The summed E-state index contributed by atoms with van der Waals surface area (Å²) in [4.78, 5) is 12.1. The third-order valence-corrected chi connectivity index (χ3v) is 4.14. The minimum absolute atomic E-state index is 0.0273. The van der Waals surface area contributed by atoms with E-state index in [1.54, 1.807) is 32.4 Å². The number of methoxy groups -OCH3 is 2. The van der Waals surface area contributed by atoms with Gasteiger partial charge in [0.25, 0.3) is 0 Å². The molecule has 0 aromatic heterocycles. The molecule has 2 amide bonds. The maximum atomic E-state index is 12.1. The summed E-state index contributed by atoms with van der Waals surface area (Å²) >= 11 is 0. The number of hydrogen-bond acceptors (Lipinski definition) is 4. The Morgan fingerprint density at radius 1 is 1.12 bits per heavy atom. The molecule has 1 atom stereocenters. The molecule has 1 aliphatic heterocycles. The van der Waals surface area contributed by atoms with Crippen LogP contribution in [0.3, 0.4) is 0 Å². The summed E-state index contributed by atoms with van der Waals surface area (Å²) in [6, 6.07) is 13.1. The van der Waals surface area contributed by atoms with Crippen LogP contribution in [0.25, 0.3) is 0 Å². The molecule has 1 unspecified atom stereocenters. The summed E-state index contributed by atoms with van der Waals surface area (Å²) < 4.78 is 16.2. The monoisotopic (exact) mass is 342 g/mol. The van der Waals surface area contributed by atoms with Crippen LogP contribution in [0.2, 0.25) is 0 Å². The normalized spacial score (nSPS) is 15.8. The summed E-state index contributed by atoms with van der Waals surface area (Å²) in [7, 11) is 3.13. The number of urea groups is 1. The highest BCUT2D eigenvalue weighted by Gasteiger charge is 2.19. The number of carbonyl (C=O) groups is 1. The second kappa shape index (κ2) is 7.90. The predicted molar refractivity (Wildman–Crippen MR) is 95.3 cm³/mol. The SMILES string of the molecule is COc1cc(NC(=O)NCC2Cc3ccccc3CO2)cc(OC)c1. The van der Waals surface area contributed by atoms with Crippen LogP contribution in [0.15, 0.2) is 42.5 Å². The second-order valence-corrected chi connectivity index (χ2v) is 5.84. The van der Waals surface area contributed by atoms with E-state index in [1.807, 2.05) is 12.1 Å². The fourth-order valence-corrected chi connectivity index (χ4v) is 2.80. The lowest BCUT2D eigenvalue weighted by Gasteiger charge is -2.25. The summed E-state index contributed by atoms with van der Waals surface area (Å²) in [6.45, 7) is 1.03. The maximum absolute atomic E-state index is 12.1.